The second-order valence-electron chi connectivity index (χ2n) is 7.46. The van der Waals surface area contributed by atoms with Crippen LogP contribution in [0.3, 0.4) is 0 Å². The number of allylic oxidation sites excluding steroid dienone is 1. The standard InChI is InChI=1S/C25H23ClN2O5S/c1-5-33-24(30)21-14(2)27-25-28(22(21)15-6-9-17(26)10-7-15)23(29)20(34-25)12-16-8-11-18(31-3)13-19(16)32-4/h6-13,22H,5H2,1-4H3/t22-/m1/s1. The highest BCUT2D eigenvalue weighted by atomic mass is 35.5. The van der Waals surface area contributed by atoms with E-state index in [1.165, 1.54) is 15.9 Å². The molecule has 176 valence electrons. The van der Waals surface area contributed by atoms with Gasteiger partial charge in [0.2, 0.25) is 0 Å². The molecule has 0 N–H and O–H groups in total. The smallest absolute Gasteiger partial charge is 0.338 e. The molecular weight excluding hydrogens is 476 g/mol. The number of esters is 1. The molecule has 0 saturated heterocycles. The zero-order valence-electron chi connectivity index (χ0n) is 19.1. The fraction of sp³-hybridized carbons (Fsp3) is 0.240. The summed E-state index contributed by atoms with van der Waals surface area (Å²) in [5.74, 6) is 0.713. The number of aromatic nitrogens is 1. The van der Waals surface area contributed by atoms with Crippen molar-refractivity contribution in [3.63, 3.8) is 0 Å². The van der Waals surface area contributed by atoms with Crippen molar-refractivity contribution < 1.29 is 19.0 Å². The van der Waals surface area contributed by atoms with Gasteiger partial charge in [-0.2, -0.15) is 0 Å². The van der Waals surface area contributed by atoms with Crippen molar-refractivity contribution in [3.05, 3.63) is 89.6 Å². The van der Waals surface area contributed by atoms with Gasteiger partial charge in [0, 0.05) is 16.7 Å². The minimum atomic E-state index is -0.688. The number of carbonyl (C=O) groups excluding carboxylic acids is 1. The van der Waals surface area contributed by atoms with Crippen LogP contribution < -0.4 is 24.4 Å². The van der Waals surface area contributed by atoms with E-state index in [0.29, 0.717) is 37.1 Å². The quantitative estimate of drug-likeness (QED) is 0.486. The van der Waals surface area contributed by atoms with Crippen LogP contribution in [0.1, 0.15) is 31.0 Å². The lowest BCUT2D eigenvalue weighted by atomic mass is 9.96. The largest absolute Gasteiger partial charge is 0.497 e. The lowest BCUT2D eigenvalue weighted by Gasteiger charge is -2.24. The van der Waals surface area contributed by atoms with Gasteiger partial charge in [-0.25, -0.2) is 9.79 Å². The van der Waals surface area contributed by atoms with Gasteiger partial charge in [0.1, 0.15) is 11.5 Å². The molecule has 0 fully saturated rings. The molecule has 3 aromatic rings. The second kappa shape index (κ2) is 9.87. The molecule has 7 nitrogen and oxygen atoms in total. The van der Waals surface area contributed by atoms with E-state index in [-0.39, 0.29) is 12.2 Å². The summed E-state index contributed by atoms with van der Waals surface area (Å²) in [6.45, 7) is 3.70. The highest BCUT2D eigenvalue weighted by molar-refractivity contribution is 7.07. The van der Waals surface area contributed by atoms with Gasteiger partial charge in [-0.15, -0.1) is 0 Å². The number of ether oxygens (including phenoxy) is 3. The Balaban J connectivity index is 1.94. The molecule has 1 aromatic heterocycles. The molecule has 1 atom stereocenters. The molecule has 1 aliphatic heterocycles. The van der Waals surface area contributed by atoms with Crippen LogP contribution in [0.5, 0.6) is 11.5 Å². The van der Waals surface area contributed by atoms with E-state index in [4.69, 9.17) is 25.8 Å². The van der Waals surface area contributed by atoms with Crippen molar-refractivity contribution >= 4 is 35.0 Å². The Morgan fingerprint density at radius 1 is 1.18 bits per heavy atom. The van der Waals surface area contributed by atoms with E-state index >= 15 is 0 Å². The summed E-state index contributed by atoms with van der Waals surface area (Å²) in [5.41, 5.74) is 2.02. The van der Waals surface area contributed by atoms with Crippen molar-refractivity contribution in [2.45, 2.75) is 19.9 Å². The van der Waals surface area contributed by atoms with Crippen LogP contribution in [-0.2, 0) is 9.53 Å². The summed E-state index contributed by atoms with van der Waals surface area (Å²) >= 11 is 7.34. The van der Waals surface area contributed by atoms with Crippen LogP contribution >= 0.6 is 22.9 Å². The summed E-state index contributed by atoms with van der Waals surface area (Å²) in [6.07, 6.45) is 1.75. The molecule has 0 unspecified atom stereocenters. The normalized spacial score (nSPS) is 15.6. The Bertz CT molecular complexity index is 1450. The first kappa shape index (κ1) is 23.8. The van der Waals surface area contributed by atoms with Gasteiger partial charge >= 0.3 is 5.97 Å². The number of hydrogen-bond acceptors (Lipinski definition) is 7. The summed E-state index contributed by atoms with van der Waals surface area (Å²) in [4.78, 5) is 31.6. The van der Waals surface area contributed by atoms with Crippen LogP contribution in [0.15, 0.2) is 63.5 Å². The number of nitrogens with zero attached hydrogens (tertiary/aromatic N) is 2. The Hall–Kier alpha value is -3.36. The fourth-order valence-corrected chi connectivity index (χ4v) is 4.99. The van der Waals surface area contributed by atoms with Crippen molar-refractivity contribution in [1.29, 1.82) is 0 Å². The number of fused-ring (bicyclic) bond motifs is 1. The third-order valence-corrected chi connectivity index (χ3v) is 6.66. The first-order valence-corrected chi connectivity index (χ1v) is 11.7. The summed E-state index contributed by atoms with van der Waals surface area (Å²) < 4.78 is 18.0. The van der Waals surface area contributed by atoms with Crippen LogP contribution in [0.25, 0.3) is 6.08 Å². The van der Waals surface area contributed by atoms with Crippen LogP contribution in [-0.4, -0.2) is 31.4 Å². The molecule has 34 heavy (non-hydrogen) atoms. The lowest BCUT2D eigenvalue weighted by Crippen LogP contribution is -2.39. The highest BCUT2D eigenvalue weighted by Gasteiger charge is 2.33. The van der Waals surface area contributed by atoms with E-state index in [1.807, 2.05) is 6.07 Å². The number of methoxy groups -OCH3 is 2. The molecule has 4 rings (SSSR count). The van der Waals surface area contributed by atoms with Crippen LogP contribution in [0, 0.1) is 0 Å². The van der Waals surface area contributed by atoms with Crippen LogP contribution in [0.2, 0.25) is 5.02 Å². The number of hydrogen-bond donors (Lipinski definition) is 0. The molecule has 0 saturated carbocycles. The molecule has 2 aromatic carbocycles. The number of carbonyl (C=O) groups is 1. The van der Waals surface area contributed by atoms with E-state index in [1.54, 1.807) is 70.5 Å². The van der Waals surface area contributed by atoms with E-state index in [2.05, 4.69) is 4.99 Å². The molecule has 0 bridgehead atoms. The zero-order chi connectivity index (χ0) is 24.4. The Morgan fingerprint density at radius 2 is 1.91 bits per heavy atom. The van der Waals surface area contributed by atoms with Crippen LogP contribution in [0.4, 0.5) is 0 Å². The molecule has 0 spiro atoms. The third kappa shape index (κ3) is 4.38. The maximum Gasteiger partial charge on any atom is 0.338 e. The Labute approximate surface area is 205 Å². The highest BCUT2D eigenvalue weighted by Crippen LogP contribution is 2.31. The number of halogens is 1. The van der Waals surface area contributed by atoms with Crippen molar-refractivity contribution in [3.8, 4) is 11.5 Å². The van der Waals surface area contributed by atoms with Gasteiger partial charge < -0.3 is 14.2 Å². The molecule has 1 aliphatic rings. The average molecular weight is 499 g/mol. The summed E-state index contributed by atoms with van der Waals surface area (Å²) in [7, 11) is 3.13. The van der Waals surface area contributed by atoms with Gasteiger partial charge in [-0.1, -0.05) is 35.1 Å². The molecular formula is C25H23ClN2O5S. The number of rotatable bonds is 6. The SMILES string of the molecule is CCOC(=O)C1=C(C)N=c2sc(=Cc3ccc(OC)cc3OC)c(=O)n2[C@@H]1c1ccc(Cl)cc1. The van der Waals surface area contributed by atoms with Crippen molar-refractivity contribution in [2.75, 3.05) is 20.8 Å². The topological polar surface area (TPSA) is 79.1 Å². The van der Waals surface area contributed by atoms with Gasteiger partial charge in [-0.3, -0.25) is 9.36 Å². The Kier molecular flexibility index (Phi) is 6.90. The third-order valence-electron chi connectivity index (χ3n) is 5.43. The molecule has 0 amide bonds. The molecule has 0 radical (unpaired) electrons. The van der Waals surface area contributed by atoms with Gasteiger partial charge in [-0.05, 0) is 49.8 Å². The number of thiazole rings is 1. The van der Waals surface area contributed by atoms with Gasteiger partial charge in [0.25, 0.3) is 5.56 Å². The molecule has 2 heterocycles. The van der Waals surface area contributed by atoms with E-state index < -0.39 is 12.0 Å². The first-order chi connectivity index (χ1) is 16.4. The monoisotopic (exact) mass is 498 g/mol. The van der Waals surface area contributed by atoms with E-state index in [0.717, 1.165) is 11.1 Å². The minimum Gasteiger partial charge on any atom is -0.497 e. The second-order valence-corrected chi connectivity index (χ2v) is 8.91. The molecule has 9 heteroatoms. The van der Waals surface area contributed by atoms with Gasteiger partial charge in [0.05, 0.1) is 42.7 Å². The first-order valence-electron chi connectivity index (χ1n) is 10.5. The average Bonchev–Trinajstić information content (AvgIpc) is 3.13. The van der Waals surface area contributed by atoms with Crippen molar-refractivity contribution in [2.24, 2.45) is 4.99 Å². The predicted octanol–water partition coefficient (Wildman–Crippen LogP) is 3.47. The lowest BCUT2D eigenvalue weighted by molar-refractivity contribution is -0.139. The minimum absolute atomic E-state index is 0.213. The van der Waals surface area contributed by atoms with Gasteiger partial charge in [0.15, 0.2) is 4.80 Å². The summed E-state index contributed by atoms with van der Waals surface area (Å²) in [6, 6.07) is 11.7. The Morgan fingerprint density at radius 3 is 2.56 bits per heavy atom. The molecule has 0 aliphatic carbocycles. The number of benzene rings is 2. The zero-order valence-corrected chi connectivity index (χ0v) is 20.7. The maximum absolute atomic E-state index is 13.6. The maximum atomic E-state index is 13.6. The van der Waals surface area contributed by atoms with Crippen molar-refractivity contribution in [1.82, 2.24) is 4.57 Å². The fourth-order valence-electron chi connectivity index (χ4n) is 3.83. The van der Waals surface area contributed by atoms with E-state index in [9.17, 15) is 9.59 Å². The summed E-state index contributed by atoms with van der Waals surface area (Å²) in [5, 5.41) is 0.557. The predicted molar refractivity (Wildman–Crippen MR) is 131 cm³/mol.